The van der Waals surface area contributed by atoms with Crippen LogP contribution in [0.15, 0.2) is 84.4 Å². The molecule has 0 radical (unpaired) electrons. The number of benzene rings is 4. The summed E-state index contributed by atoms with van der Waals surface area (Å²) in [5.41, 5.74) is 1.81. The number of urea groups is 1. The number of hydrogen-bond donors (Lipinski definition) is 1. The fourth-order valence-electron chi connectivity index (χ4n) is 4.15. The maximum Gasteiger partial charge on any atom is 0.335 e. The Balaban J connectivity index is 1.59. The Hall–Kier alpha value is -4.49. The Morgan fingerprint density at radius 3 is 2.49 bits per heavy atom. The Labute approximate surface area is 216 Å². The zero-order chi connectivity index (χ0) is 26.1. The summed E-state index contributed by atoms with van der Waals surface area (Å²) in [7, 11) is 0. The molecule has 1 heterocycles. The number of barbiturate groups is 1. The molecule has 0 bridgehead atoms. The summed E-state index contributed by atoms with van der Waals surface area (Å²) >= 11 is 6.21. The molecule has 1 fully saturated rings. The molecule has 0 spiro atoms. The molecule has 0 unspecified atom stereocenters. The second-order valence-corrected chi connectivity index (χ2v) is 8.86. The summed E-state index contributed by atoms with van der Waals surface area (Å²) in [5.74, 6) is -1.53. The van der Waals surface area contributed by atoms with Crippen LogP contribution < -0.4 is 15.0 Å². The van der Waals surface area contributed by atoms with Crippen LogP contribution in [0.3, 0.4) is 0 Å². The van der Waals surface area contributed by atoms with E-state index >= 15 is 0 Å². The van der Waals surface area contributed by atoms with Crippen LogP contribution in [0.2, 0.25) is 5.02 Å². The van der Waals surface area contributed by atoms with Crippen LogP contribution in [0.4, 0.5) is 14.9 Å². The molecular weight excluding hydrogens is 495 g/mol. The van der Waals surface area contributed by atoms with E-state index in [1.165, 1.54) is 18.2 Å². The van der Waals surface area contributed by atoms with Gasteiger partial charge in [0.25, 0.3) is 11.8 Å². The SMILES string of the molecule is Cc1c(Cl)cccc1N1C(=O)NC(=O)/C(=C\c2c(OCc3ccc(F)cc3)ccc3ccccc23)C1=O. The number of imide groups is 2. The van der Waals surface area contributed by atoms with Crippen molar-refractivity contribution in [2.24, 2.45) is 0 Å². The first-order valence-corrected chi connectivity index (χ1v) is 11.8. The minimum absolute atomic E-state index is 0.140. The summed E-state index contributed by atoms with van der Waals surface area (Å²) in [5, 5.41) is 4.24. The van der Waals surface area contributed by atoms with Gasteiger partial charge in [0.05, 0.1) is 5.69 Å². The maximum atomic E-state index is 13.5. The third kappa shape index (κ3) is 4.69. The number of nitrogens with one attached hydrogen (secondary N) is 1. The zero-order valence-corrected chi connectivity index (χ0v) is 20.4. The Morgan fingerprint density at radius 1 is 0.946 bits per heavy atom. The number of halogens is 2. The van der Waals surface area contributed by atoms with E-state index in [1.54, 1.807) is 43.3 Å². The molecule has 1 aliphatic heterocycles. The summed E-state index contributed by atoms with van der Waals surface area (Å²) in [6.45, 7) is 1.82. The predicted molar refractivity (Wildman–Crippen MR) is 140 cm³/mol. The lowest BCUT2D eigenvalue weighted by atomic mass is 9.99. The van der Waals surface area contributed by atoms with Gasteiger partial charge in [0.2, 0.25) is 0 Å². The van der Waals surface area contributed by atoms with E-state index in [9.17, 15) is 18.8 Å². The normalized spacial score (nSPS) is 14.8. The number of fused-ring (bicyclic) bond motifs is 1. The molecule has 4 aromatic carbocycles. The fourth-order valence-corrected chi connectivity index (χ4v) is 4.32. The van der Waals surface area contributed by atoms with Crippen molar-refractivity contribution in [1.29, 1.82) is 0 Å². The molecule has 1 aliphatic rings. The highest BCUT2D eigenvalue weighted by atomic mass is 35.5. The lowest BCUT2D eigenvalue weighted by Gasteiger charge is -2.28. The molecule has 0 aromatic heterocycles. The van der Waals surface area contributed by atoms with Gasteiger partial charge in [0.1, 0.15) is 23.7 Å². The Bertz CT molecular complexity index is 1600. The summed E-state index contributed by atoms with van der Waals surface area (Å²) < 4.78 is 19.3. The highest BCUT2D eigenvalue weighted by Crippen LogP contribution is 2.33. The average Bonchev–Trinajstić information content (AvgIpc) is 2.89. The van der Waals surface area contributed by atoms with Crippen LogP contribution in [-0.4, -0.2) is 17.8 Å². The summed E-state index contributed by atoms with van der Waals surface area (Å²) in [6.07, 6.45) is 1.43. The molecule has 5 rings (SSSR count). The number of carbonyl (C=O) groups excluding carboxylic acids is 3. The maximum absolute atomic E-state index is 13.5. The van der Waals surface area contributed by atoms with Crippen molar-refractivity contribution < 1.29 is 23.5 Å². The van der Waals surface area contributed by atoms with Gasteiger partial charge in [0.15, 0.2) is 0 Å². The molecule has 6 nitrogen and oxygen atoms in total. The second-order valence-electron chi connectivity index (χ2n) is 8.46. The Kier molecular flexibility index (Phi) is 6.46. The first-order chi connectivity index (χ1) is 17.8. The van der Waals surface area contributed by atoms with Crippen molar-refractivity contribution in [2.45, 2.75) is 13.5 Å². The van der Waals surface area contributed by atoms with Crippen LogP contribution in [0.1, 0.15) is 16.7 Å². The lowest BCUT2D eigenvalue weighted by molar-refractivity contribution is -0.122. The minimum atomic E-state index is -0.858. The molecule has 8 heteroatoms. The van der Waals surface area contributed by atoms with Crippen LogP contribution in [-0.2, 0) is 16.2 Å². The number of rotatable bonds is 5. The molecule has 37 heavy (non-hydrogen) atoms. The van der Waals surface area contributed by atoms with Crippen molar-refractivity contribution in [2.75, 3.05) is 4.90 Å². The number of hydrogen-bond acceptors (Lipinski definition) is 4. The highest BCUT2D eigenvalue weighted by molar-refractivity contribution is 6.40. The van der Waals surface area contributed by atoms with Gasteiger partial charge >= 0.3 is 6.03 Å². The van der Waals surface area contributed by atoms with E-state index in [4.69, 9.17) is 16.3 Å². The van der Waals surface area contributed by atoms with Gasteiger partial charge in [-0.3, -0.25) is 14.9 Å². The Morgan fingerprint density at radius 2 is 1.70 bits per heavy atom. The molecule has 1 N–H and O–H groups in total. The van der Waals surface area contributed by atoms with Gasteiger partial charge in [-0.15, -0.1) is 0 Å². The van der Waals surface area contributed by atoms with E-state index in [0.29, 0.717) is 21.9 Å². The van der Waals surface area contributed by atoms with Crippen molar-refractivity contribution in [3.8, 4) is 5.75 Å². The number of ether oxygens (including phenoxy) is 1. The monoisotopic (exact) mass is 514 g/mol. The molecule has 4 aromatic rings. The first kappa shape index (κ1) is 24.2. The topological polar surface area (TPSA) is 75.7 Å². The predicted octanol–water partition coefficient (Wildman–Crippen LogP) is 6.19. The van der Waals surface area contributed by atoms with Crippen LogP contribution in [0.25, 0.3) is 16.8 Å². The molecular formula is C29H20ClFN2O4. The fraction of sp³-hybridized carbons (Fsp3) is 0.0690. The van der Waals surface area contributed by atoms with Crippen molar-refractivity contribution >= 4 is 52.0 Å². The molecule has 184 valence electrons. The first-order valence-electron chi connectivity index (χ1n) is 11.4. The second kappa shape index (κ2) is 9.87. The smallest absolute Gasteiger partial charge is 0.335 e. The van der Waals surface area contributed by atoms with Gasteiger partial charge < -0.3 is 4.74 Å². The van der Waals surface area contributed by atoms with E-state index in [0.717, 1.165) is 21.2 Å². The molecule has 1 saturated heterocycles. The van der Waals surface area contributed by atoms with Gasteiger partial charge in [-0.05, 0) is 65.2 Å². The third-order valence-corrected chi connectivity index (χ3v) is 6.52. The van der Waals surface area contributed by atoms with Gasteiger partial charge in [0, 0.05) is 10.6 Å². The van der Waals surface area contributed by atoms with Crippen molar-refractivity contribution in [1.82, 2.24) is 5.32 Å². The number of amides is 4. The number of anilines is 1. The van der Waals surface area contributed by atoms with E-state index < -0.39 is 17.8 Å². The van der Waals surface area contributed by atoms with Gasteiger partial charge in [-0.2, -0.15) is 0 Å². The molecule has 0 aliphatic carbocycles. The highest BCUT2D eigenvalue weighted by Gasteiger charge is 2.38. The van der Waals surface area contributed by atoms with E-state index in [-0.39, 0.29) is 23.7 Å². The van der Waals surface area contributed by atoms with Crippen LogP contribution in [0, 0.1) is 12.7 Å². The van der Waals surface area contributed by atoms with E-state index in [1.807, 2.05) is 30.3 Å². The third-order valence-electron chi connectivity index (χ3n) is 6.11. The van der Waals surface area contributed by atoms with Crippen LogP contribution >= 0.6 is 11.6 Å². The summed E-state index contributed by atoms with van der Waals surface area (Å²) in [6, 6.07) is 21.0. The van der Waals surface area contributed by atoms with Crippen LogP contribution in [0.5, 0.6) is 5.75 Å². The molecule has 0 atom stereocenters. The average molecular weight is 515 g/mol. The summed E-state index contributed by atoms with van der Waals surface area (Å²) in [4.78, 5) is 40.0. The van der Waals surface area contributed by atoms with Gasteiger partial charge in [-0.1, -0.05) is 60.1 Å². The van der Waals surface area contributed by atoms with Crippen molar-refractivity contribution in [3.63, 3.8) is 0 Å². The molecule has 4 amide bonds. The van der Waals surface area contributed by atoms with E-state index in [2.05, 4.69) is 5.32 Å². The quantitative estimate of drug-likeness (QED) is 0.255. The number of carbonyl (C=O) groups is 3. The minimum Gasteiger partial charge on any atom is -0.488 e. The standard InChI is InChI=1S/C29H20ClFN2O4/c1-17-24(30)7-4-8-25(17)33-28(35)23(27(34)32-29(33)36)15-22-21-6-3-2-5-19(21)11-14-26(22)37-16-18-9-12-20(31)13-10-18/h2-15H,16H2,1H3,(H,32,34,36)/b23-15+. The van der Waals surface area contributed by atoms with Gasteiger partial charge in [-0.25, -0.2) is 14.1 Å². The number of nitrogens with zero attached hydrogens (tertiary/aromatic N) is 1. The lowest BCUT2D eigenvalue weighted by Crippen LogP contribution is -2.54. The van der Waals surface area contributed by atoms with Crippen molar-refractivity contribution in [3.05, 3.63) is 112 Å². The zero-order valence-electron chi connectivity index (χ0n) is 19.6. The molecule has 0 saturated carbocycles. The largest absolute Gasteiger partial charge is 0.488 e.